The summed E-state index contributed by atoms with van der Waals surface area (Å²) >= 11 is 0. The Labute approximate surface area is 255 Å². The Balaban J connectivity index is 1.28. The van der Waals surface area contributed by atoms with Gasteiger partial charge >= 0.3 is 0 Å². The number of carbonyl (C=O) groups is 3. The minimum atomic E-state index is -1.16. The molecule has 1 aliphatic carbocycles. The number of carbonyl (C=O) groups excluding carboxylic acids is 3. The van der Waals surface area contributed by atoms with Crippen molar-refractivity contribution < 1.29 is 19.1 Å². The molecule has 8 atom stereocenters. The number of hydrogen-bond acceptors (Lipinski definition) is 4. The number of ether oxygens (including phenoxy) is 1. The lowest BCUT2D eigenvalue weighted by molar-refractivity contribution is -0.141. The molecule has 7 nitrogen and oxygen atoms in total. The number of likely N-dealkylation sites (tertiary alicyclic amines) is 1. The molecule has 2 N–H and O–H groups in total. The number of fused-ring (bicyclic) bond motifs is 1. The van der Waals surface area contributed by atoms with Gasteiger partial charge in [0, 0.05) is 18.3 Å². The fraction of sp³-hybridized carbons (Fsp3) is 0.528. The molecule has 3 aliphatic heterocycles. The van der Waals surface area contributed by atoms with Crippen molar-refractivity contribution in [2.24, 2.45) is 23.7 Å². The number of benzene rings is 2. The molecule has 7 heteroatoms. The van der Waals surface area contributed by atoms with Gasteiger partial charge in [0.15, 0.2) is 0 Å². The Morgan fingerprint density at radius 1 is 1.02 bits per heavy atom. The zero-order valence-corrected chi connectivity index (χ0v) is 26.0. The Morgan fingerprint density at radius 3 is 2.44 bits per heavy atom. The fourth-order valence-electron chi connectivity index (χ4n) is 7.74. The summed E-state index contributed by atoms with van der Waals surface area (Å²) in [5.41, 5.74) is 2.99. The number of nitrogens with zero attached hydrogens (tertiary/aromatic N) is 1. The molecule has 3 fully saturated rings. The van der Waals surface area contributed by atoms with Crippen LogP contribution in [-0.4, -0.2) is 53.0 Å². The van der Waals surface area contributed by atoms with Crippen molar-refractivity contribution in [1.82, 2.24) is 10.2 Å². The van der Waals surface area contributed by atoms with Crippen LogP contribution in [0.5, 0.6) is 0 Å². The van der Waals surface area contributed by atoms with Crippen molar-refractivity contribution in [3.05, 3.63) is 77.4 Å². The van der Waals surface area contributed by atoms with Crippen molar-refractivity contribution in [2.75, 3.05) is 11.9 Å². The summed E-state index contributed by atoms with van der Waals surface area (Å²) in [6.07, 6.45) is 7.00. The van der Waals surface area contributed by atoms with Gasteiger partial charge in [-0.15, -0.1) is 0 Å². The predicted octanol–water partition coefficient (Wildman–Crippen LogP) is 5.39. The van der Waals surface area contributed by atoms with Gasteiger partial charge in [0.2, 0.25) is 17.7 Å². The van der Waals surface area contributed by atoms with E-state index in [1.54, 1.807) is 4.90 Å². The highest BCUT2D eigenvalue weighted by Crippen LogP contribution is 2.55. The minimum Gasteiger partial charge on any atom is -0.359 e. The number of amides is 3. The lowest BCUT2D eigenvalue weighted by atomic mass is 9.73. The molecule has 228 valence electrons. The number of rotatable bonds is 8. The highest BCUT2D eigenvalue weighted by molar-refractivity contribution is 6.02. The largest absolute Gasteiger partial charge is 0.359 e. The van der Waals surface area contributed by atoms with Gasteiger partial charge in [-0.05, 0) is 60.8 Å². The first-order valence-electron chi connectivity index (χ1n) is 16.0. The van der Waals surface area contributed by atoms with Gasteiger partial charge < -0.3 is 20.3 Å². The van der Waals surface area contributed by atoms with Gasteiger partial charge in [-0.25, -0.2) is 0 Å². The molecule has 2 bridgehead atoms. The molecule has 1 spiro atoms. The van der Waals surface area contributed by atoms with E-state index in [0.29, 0.717) is 36.4 Å². The zero-order chi connectivity index (χ0) is 30.5. The summed E-state index contributed by atoms with van der Waals surface area (Å²) < 4.78 is 6.55. The highest BCUT2D eigenvalue weighted by Gasteiger charge is 2.72. The third kappa shape index (κ3) is 5.30. The van der Waals surface area contributed by atoms with Crippen LogP contribution < -0.4 is 10.6 Å². The van der Waals surface area contributed by atoms with Crippen LogP contribution in [0.3, 0.4) is 0 Å². The van der Waals surface area contributed by atoms with Crippen LogP contribution >= 0.6 is 0 Å². The van der Waals surface area contributed by atoms with E-state index in [4.69, 9.17) is 4.74 Å². The van der Waals surface area contributed by atoms with E-state index in [2.05, 4.69) is 62.6 Å². The maximum Gasteiger partial charge on any atom is 0.246 e. The van der Waals surface area contributed by atoms with Crippen LogP contribution in [0.2, 0.25) is 0 Å². The molecule has 4 aliphatic rings. The van der Waals surface area contributed by atoms with E-state index in [1.807, 2.05) is 43.3 Å². The second-order valence-corrected chi connectivity index (χ2v) is 13.6. The van der Waals surface area contributed by atoms with Gasteiger partial charge in [0.25, 0.3) is 0 Å². The molecular weight excluding hydrogens is 538 g/mol. The quantitative estimate of drug-likeness (QED) is 0.408. The van der Waals surface area contributed by atoms with Crippen molar-refractivity contribution in [3.63, 3.8) is 0 Å². The molecule has 43 heavy (non-hydrogen) atoms. The van der Waals surface area contributed by atoms with Crippen molar-refractivity contribution in [3.8, 4) is 0 Å². The molecule has 3 amide bonds. The van der Waals surface area contributed by atoms with Crippen LogP contribution in [0, 0.1) is 30.6 Å². The molecule has 3 heterocycles. The monoisotopic (exact) mass is 583 g/mol. The van der Waals surface area contributed by atoms with Crippen LogP contribution in [0.25, 0.3) is 0 Å². The van der Waals surface area contributed by atoms with Gasteiger partial charge in [-0.1, -0.05) is 94.7 Å². The lowest BCUT2D eigenvalue weighted by Gasteiger charge is -2.38. The third-order valence-corrected chi connectivity index (χ3v) is 10.6. The average molecular weight is 584 g/mol. The van der Waals surface area contributed by atoms with Crippen LogP contribution in [-0.2, 0) is 25.5 Å². The summed E-state index contributed by atoms with van der Waals surface area (Å²) in [7, 11) is 0. The highest BCUT2D eigenvalue weighted by atomic mass is 16.5. The molecule has 2 aromatic carbocycles. The summed E-state index contributed by atoms with van der Waals surface area (Å²) in [5, 5.41) is 6.38. The molecule has 2 saturated heterocycles. The lowest BCUT2D eigenvalue weighted by Crippen LogP contribution is -2.58. The van der Waals surface area contributed by atoms with Crippen molar-refractivity contribution >= 4 is 23.4 Å². The fourth-order valence-corrected chi connectivity index (χ4v) is 7.74. The second kappa shape index (κ2) is 11.6. The van der Waals surface area contributed by atoms with E-state index >= 15 is 0 Å². The molecule has 6 rings (SSSR count). The second-order valence-electron chi connectivity index (χ2n) is 13.6. The minimum absolute atomic E-state index is 0.0521. The van der Waals surface area contributed by atoms with E-state index in [-0.39, 0.29) is 23.8 Å². The molecule has 2 aromatic rings. The van der Waals surface area contributed by atoms with E-state index in [1.165, 1.54) is 11.1 Å². The first kappa shape index (κ1) is 29.6. The van der Waals surface area contributed by atoms with Gasteiger partial charge in [0.1, 0.15) is 11.6 Å². The first-order chi connectivity index (χ1) is 20.6. The number of anilines is 1. The van der Waals surface area contributed by atoms with E-state index in [9.17, 15) is 14.4 Å². The third-order valence-electron chi connectivity index (χ3n) is 10.6. The molecule has 0 unspecified atom stereocenters. The van der Waals surface area contributed by atoms with Crippen LogP contribution in [0.1, 0.15) is 69.6 Å². The normalized spacial score (nSPS) is 32.7. The summed E-state index contributed by atoms with van der Waals surface area (Å²) in [4.78, 5) is 44.0. The van der Waals surface area contributed by atoms with Crippen molar-refractivity contribution in [1.29, 1.82) is 0 Å². The first-order valence-corrected chi connectivity index (χ1v) is 16.0. The maximum absolute atomic E-state index is 14.3. The van der Waals surface area contributed by atoms with Gasteiger partial charge in [-0.3, -0.25) is 14.4 Å². The Morgan fingerprint density at radius 2 is 1.74 bits per heavy atom. The SMILES string of the molecule is Cc1ccc(CCN2C(=O)[C@H]3[C@H](C(=O)Nc4ccc(C(C)C)cc4)[C@H]4C=C[C@@]3(O4)[C@@H]2C(=O)N[C@@H]2CCC[C@H](C)[C@H]2C)cc1. The van der Waals surface area contributed by atoms with Gasteiger partial charge in [-0.2, -0.15) is 0 Å². The zero-order valence-electron chi connectivity index (χ0n) is 26.0. The summed E-state index contributed by atoms with van der Waals surface area (Å²) in [6, 6.07) is 15.3. The van der Waals surface area contributed by atoms with E-state index < -0.39 is 29.6 Å². The standard InChI is InChI=1S/C36H45N3O4/c1-21(2)26-13-15-27(16-14-26)37-33(40)30-29-17-19-36(43-29)31(30)35(42)39(20-18-25-11-9-22(3)10-12-25)32(36)34(41)38-28-8-6-7-23(4)24(28)5/h9-17,19,21,23-24,28-32H,6-8,18,20H2,1-5H3,(H,37,40)(H,38,41)/t23-,24+,28+,29+,30+,31+,32-,36-/m0/s1. The number of nitrogens with one attached hydrogen (secondary N) is 2. The molecular formula is C36H45N3O4. The van der Waals surface area contributed by atoms with E-state index in [0.717, 1.165) is 24.8 Å². The van der Waals surface area contributed by atoms with Crippen LogP contribution in [0.4, 0.5) is 5.69 Å². The smallest absolute Gasteiger partial charge is 0.246 e. The Hall–Kier alpha value is -3.45. The summed E-state index contributed by atoms with van der Waals surface area (Å²) in [6.45, 7) is 11.1. The Kier molecular flexibility index (Phi) is 7.97. The summed E-state index contributed by atoms with van der Waals surface area (Å²) in [5.74, 6) is -0.819. The number of aryl methyl sites for hydroxylation is 1. The molecule has 1 saturated carbocycles. The topological polar surface area (TPSA) is 87.7 Å². The predicted molar refractivity (Wildman–Crippen MR) is 167 cm³/mol. The van der Waals surface area contributed by atoms with Gasteiger partial charge in [0.05, 0.1) is 17.9 Å². The number of hydrogen-bond donors (Lipinski definition) is 2. The maximum atomic E-state index is 14.3. The van der Waals surface area contributed by atoms with Crippen LogP contribution in [0.15, 0.2) is 60.7 Å². The Bertz CT molecular complexity index is 1400. The molecule has 0 radical (unpaired) electrons. The van der Waals surface area contributed by atoms with Crippen molar-refractivity contribution in [2.45, 2.75) is 90.0 Å². The average Bonchev–Trinajstić information content (AvgIpc) is 3.62. The molecule has 0 aromatic heterocycles.